The molecule has 2 aliphatic carbocycles. The number of nitrogens with one attached hydrogen (secondary N) is 1. The molecule has 0 aromatic carbocycles. The number of ether oxygens (including phenoxy) is 1. The van der Waals surface area contributed by atoms with Crippen LogP contribution in [0.3, 0.4) is 0 Å². The van der Waals surface area contributed by atoms with Gasteiger partial charge in [-0.15, -0.1) is 0 Å². The zero-order chi connectivity index (χ0) is 10.8. The van der Waals surface area contributed by atoms with Crippen molar-refractivity contribution in [1.82, 2.24) is 5.32 Å². The highest BCUT2D eigenvalue weighted by Crippen LogP contribution is 2.42. The van der Waals surface area contributed by atoms with Gasteiger partial charge in [-0.25, -0.2) is 0 Å². The Kier molecular flexibility index (Phi) is 3.30. The normalized spacial score (nSPS) is 38.4. The predicted octanol–water partition coefficient (Wildman–Crippen LogP) is 2.21. The van der Waals surface area contributed by atoms with E-state index in [1.54, 1.807) is 0 Å². The molecular weight excluding hydrogens is 198 g/mol. The summed E-state index contributed by atoms with van der Waals surface area (Å²) in [6.07, 6.45) is 10.3. The third kappa shape index (κ3) is 2.33. The zero-order valence-corrected chi connectivity index (χ0v) is 10.0. The summed E-state index contributed by atoms with van der Waals surface area (Å²) >= 11 is 0. The molecule has 0 aromatic heterocycles. The van der Waals surface area contributed by atoms with Crippen LogP contribution in [0.5, 0.6) is 0 Å². The van der Waals surface area contributed by atoms with Crippen molar-refractivity contribution in [3.63, 3.8) is 0 Å². The minimum atomic E-state index is 0.864. The summed E-state index contributed by atoms with van der Waals surface area (Å²) in [4.78, 5) is 0. The molecule has 0 amide bonds. The third-order valence-electron chi connectivity index (χ3n) is 4.60. The van der Waals surface area contributed by atoms with Crippen LogP contribution in [0.2, 0.25) is 0 Å². The van der Waals surface area contributed by atoms with E-state index in [2.05, 4.69) is 17.5 Å². The summed E-state index contributed by atoms with van der Waals surface area (Å²) in [5, 5.41) is 3.69. The quantitative estimate of drug-likeness (QED) is 0.735. The lowest BCUT2D eigenvalue weighted by Gasteiger charge is -2.24. The molecule has 2 bridgehead atoms. The van der Waals surface area contributed by atoms with Gasteiger partial charge in [-0.2, -0.15) is 0 Å². The largest absolute Gasteiger partial charge is 0.381 e. The van der Waals surface area contributed by atoms with Crippen molar-refractivity contribution < 1.29 is 4.74 Å². The second-order valence-corrected chi connectivity index (χ2v) is 5.75. The molecular formula is C14H23NO. The van der Waals surface area contributed by atoms with Crippen LogP contribution in [0, 0.1) is 23.7 Å². The molecule has 3 atom stereocenters. The van der Waals surface area contributed by atoms with Gasteiger partial charge in [0.2, 0.25) is 0 Å². The van der Waals surface area contributed by atoms with Crippen LogP contribution in [0.4, 0.5) is 0 Å². The van der Waals surface area contributed by atoms with Gasteiger partial charge in [0.1, 0.15) is 0 Å². The molecule has 2 nitrogen and oxygen atoms in total. The molecule has 3 rings (SSSR count). The summed E-state index contributed by atoms with van der Waals surface area (Å²) in [6, 6.07) is 0. The van der Waals surface area contributed by atoms with Gasteiger partial charge < -0.3 is 10.1 Å². The lowest BCUT2D eigenvalue weighted by atomic mass is 9.93. The fourth-order valence-corrected chi connectivity index (χ4v) is 3.55. The van der Waals surface area contributed by atoms with Crippen LogP contribution in [0.1, 0.15) is 25.7 Å². The van der Waals surface area contributed by atoms with Gasteiger partial charge >= 0.3 is 0 Å². The Morgan fingerprint density at radius 2 is 1.94 bits per heavy atom. The van der Waals surface area contributed by atoms with Crippen molar-refractivity contribution >= 4 is 0 Å². The number of rotatable bonds is 4. The molecule has 1 saturated carbocycles. The molecule has 1 saturated heterocycles. The van der Waals surface area contributed by atoms with E-state index in [1.165, 1.54) is 38.8 Å². The molecule has 1 aliphatic heterocycles. The highest BCUT2D eigenvalue weighted by molar-refractivity contribution is 5.10. The Morgan fingerprint density at radius 3 is 2.62 bits per heavy atom. The Morgan fingerprint density at radius 1 is 1.06 bits per heavy atom. The van der Waals surface area contributed by atoms with Gasteiger partial charge in [0.05, 0.1) is 0 Å². The lowest BCUT2D eigenvalue weighted by molar-refractivity contribution is 0.0659. The first kappa shape index (κ1) is 10.8. The average molecular weight is 221 g/mol. The average Bonchev–Trinajstić information content (AvgIpc) is 2.92. The first-order valence-corrected chi connectivity index (χ1v) is 6.88. The maximum absolute atomic E-state index is 5.38. The van der Waals surface area contributed by atoms with E-state index in [-0.39, 0.29) is 0 Å². The molecule has 16 heavy (non-hydrogen) atoms. The van der Waals surface area contributed by atoms with Gasteiger partial charge in [-0.1, -0.05) is 12.2 Å². The van der Waals surface area contributed by atoms with E-state index >= 15 is 0 Å². The number of hydrogen-bond acceptors (Lipinski definition) is 2. The molecule has 0 spiro atoms. The first-order chi connectivity index (χ1) is 7.92. The Hall–Kier alpha value is -0.340. The van der Waals surface area contributed by atoms with Crippen molar-refractivity contribution in [3.8, 4) is 0 Å². The van der Waals surface area contributed by atoms with E-state index in [4.69, 9.17) is 4.74 Å². The molecule has 1 N–H and O–H groups in total. The molecule has 0 aromatic rings. The monoisotopic (exact) mass is 221 g/mol. The van der Waals surface area contributed by atoms with Gasteiger partial charge in [-0.3, -0.25) is 0 Å². The SMILES string of the molecule is C1=CC2CC1CC2CNCC1CCOCC1. The fraction of sp³-hybridized carbons (Fsp3) is 0.857. The maximum atomic E-state index is 5.38. The Balaban J connectivity index is 1.36. The van der Waals surface area contributed by atoms with Crippen molar-refractivity contribution in [2.24, 2.45) is 23.7 Å². The van der Waals surface area contributed by atoms with Crippen molar-refractivity contribution in [2.75, 3.05) is 26.3 Å². The summed E-state index contributed by atoms with van der Waals surface area (Å²) in [5.41, 5.74) is 0. The second-order valence-electron chi connectivity index (χ2n) is 5.75. The Bertz CT molecular complexity index is 257. The van der Waals surface area contributed by atoms with Crippen molar-refractivity contribution in [1.29, 1.82) is 0 Å². The van der Waals surface area contributed by atoms with Crippen molar-refractivity contribution in [2.45, 2.75) is 25.7 Å². The summed E-state index contributed by atoms with van der Waals surface area (Å²) in [5.74, 6) is 3.60. The van der Waals surface area contributed by atoms with Crippen LogP contribution >= 0.6 is 0 Å². The summed E-state index contributed by atoms with van der Waals surface area (Å²) in [7, 11) is 0. The van der Waals surface area contributed by atoms with Crippen LogP contribution in [0.25, 0.3) is 0 Å². The minimum absolute atomic E-state index is 0.864. The van der Waals surface area contributed by atoms with E-state index in [1.807, 2.05) is 0 Å². The fourth-order valence-electron chi connectivity index (χ4n) is 3.55. The maximum Gasteiger partial charge on any atom is 0.0469 e. The highest BCUT2D eigenvalue weighted by Gasteiger charge is 2.35. The standard InChI is InChI=1S/C14H23NO/c1-2-13-7-12(1)8-14(13)10-15-9-11-3-5-16-6-4-11/h1-2,11-15H,3-10H2. The molecule has 2 fully saturated rings. The molecule has 3 aliphatic rings. The highest BCUT2D eigenvalue weighted by atomic mass is 16.5. The second kappa shape index (κ2) is 4.89. The van der Waals surface area contributed by atoms with E-state index in [9.17, 15) is 0 Å². The van der Waals surface area contributed by atoms with E-state index in [0.717, 1.165) is 36.9 Å². The zero-order valence-electron chi connectivity index (χ0n) is 10.0. The van der Waals surface area contributed by atoms with Crippen molar-refractivity contribution in [3.05, 3.63) is 12.2 Å². The van der Waals surface area contributed by atoms with Gasteiger partial charge in [-0.05, 0) is 62.4 Å². The molecule has 90 valence electrons. The molecule has 3 unspecified atom stereocenters. The van der Waals surface area contributed by atoms with Crippen LogP contribution < -0.4 is 5.32 Å². The van der Waals surface area contributed by atoms with Crippen LogP contribution in [-0.4, -0.2) is 26.3 Å². The first-order valence-electron chi connectivity index (χ1n) is 6.88. The van der Waals surface area contributed by atoms with E-state index in [0.29, 0.717) is 0 Å². The predicted molar refractivity (Wildman–Crippen MR) is 65.3 cm³/mol. The molecule has 1 heterocycles. The van der Waals surface area contributed by atoms with Crippen LogP contribution in [0.15, 0.2) is 12.2 Å². The smallest absolute Gasteiger partial charge is 0.0469 e. The van der Waals surface area contributed by atoms with Gasteiger partial charge in [0.15, 0.2) is 0 Å². The summed E-state index contributed by atoms with van der Waals surface area (Å²) in [6.45, 7) is 4.40. The Labute approximate surface area is 98.4 Å². The summed E-state index contributed by atoms with van der Waals surface area (Å²) < 4.78 is 5.38. The third-order valence-corrected chi connectivity index (χ3v) is 4.60. The van der Waals surface area contributed by atoms with Gasteiger partial charge in [0.25, 0.3) is 0 Å². The topological polar surface area (TPSA) is 21.3 Å². The van der Waals surface area contributed by atoms with E-state index < -0.39 is 0 Å². The number of allylic oxidation sites excluding steroid dienone is 2. The molecule has 2 heteroatoms. The number of fused-ring (bicyclic) bond motifs is 2. The molecule has 0 radical (unpaired) electrons. The number of hydrogen-bond donors (Lipinski definition) is 1. The van der Waals surface area contributed by atoms with Crippen LogP contribution in [-0.2, 0) is 4.74 Å². The minimum Gasteiger partial charge on any atom is -0.381 e. The van der Waals surface area contributed by atoms with Gasteiger partial charge in [0, 0.05) is 13.2 Å². The lowest BCUT2D eigenvalue weighted by Crippen LogP contribution is -2.32.